The van der Waals surface area contributed by atoms with Crippen LogP contribution in [0.5, 0.6) is 0 Å². The first kappa shape index (κ1) is 15.9. The molecular formula is C12H21N3O3S. The predicted molar refractivity (Wildman–Crippen MR) is 74.7 cm³/mol. The van der Waals surface area contributed by atoms with Gasteiger partial charge < -0.3 is 10.1 Å². The van der Waals surface area contributed by atoms with Gasteiger partial charge in [-0.2, -0.15) is 0 Å². The summed E-state index contributed by atoms with van der Waals surface area (Å²) in [6, 6.07) is 3.02. The van der Waals surface area contributed by atoms with Crippen LogP contribution in [0.2, 0.25) is 0 Å². The molecule has 0 fully saturated rings. The Morgan fingerprint density at radius 3 is 2.84 bits per heavy atom. The molecule has 0 aliphatic carbocycles. The second kappa shape index (κ2) is 8.08. The summed E-state index contributed by atoms with van der Waals surface area (Å²) in [6.07, 6.45) is 3.08. The van der Waals surface area contributed by atoms with Crippen molar-refractivity contribution >= 4 is 15.8 Å². The number of pyridine rings is 1. The van der Waals surface area contributed by atoms with Gasteiger partial charge in [0.15, 0.2) is 0 Å². The molecule has 0 aliphatic rings. The monoisotopic (exact) mass is 287 g/mol. The molecule has 0 bridgehead atoms. The van der Waals surface area contributed by atoms with E-state index in [0.29, 0.717) is 25.4 Å². The van der Waals surface area contributed by atoms with Crippen LogP contribution in [0.4, 0.5) is 5.82 Å². The van der Waals surface area contributed by atoms with E-state index in [1.807, 2.05) is 6.92 Å². The molecule has 19 heavy (non-hydrogen) atoms. The highest BCUT2D eigenvalue weighted by molar-refractivity contribution is 7.89. The Balaban J connectivity index is 2.66. The molecule has 1 aromatic rings. The number of hydrogen-bond donors (Lipinski definition) is 2. The zero-order valence-electron chi connectivity index (χ0n) is 11.3. The van der Waals surface area contributed by atoms with Crippen LogP contribution in [0.25, 0.3) is 0 Å². The molecule has 0 aliphatic heterocycles. The van der Waals surface area contributed by atoms with Crippen molar-refractivity contribution in [3.8, 4) is 0 Å². The number of anilines is 1. The maximum Gasteiger partial charge on any atom is 0.240 e. The Kier molecular flexibility index (Phi) is 6.75. The lowest BCUT2D eigenvalue weighted by molar-refractivity contribution is 0.196. The molecule has 0 unspecified atom stereocenters. The molecule has 0 amide bonds. The van der Waals surface area contributed by atoms with E-state index < -0.39 is 10.0 Å². The first-order chi connectivity index (χ1) is 9.10. The quantitative estimate of drug-likeness (QED) is 0.667. The highest BCUT2D eigenvalue weighted by Crippen LogP contribution is 2.12. The topological polar surface area (TPSA) is 80.3 Å². The second-order valence-electron chi connectivity index (χ2n) is 4.05. The highest BCUT2D eigenvalue weighted by atomic mass is 32.2. The SMILES string of the molecule is CCCNc1cc(S(=O)(=O)NCCCOC)ccn1. The molecule has 0 saturated carbocycles. The minimum absolute atomic E-state index is 0.221. The van der Waals surface area contributed by atoms with Gasteiger partial charge in [-0.1, -0.05) is 6.92 Å². The van der Waals surface area contributed by atoms with Gasteiger partial charge in [0, 0.05) is 39.1 Å². The predicted octanol–water partition coefficient (Wildman–Crippen LogP) is 1.22. The van der Waals surface area contributed by atoms with Crippen molar-refractivity contribution in [1.82, 2.24) is 9.71 Å². The average molecular weight is 287 g/mol. The summed E-state index contributed by atoms with van der Waals surface area (Å²) >= 11 is 0. The molecule has 0 atom stereocenters. The maximum atomic E-state index is 12.0. The number of nitrogens with zero attached hydrogens (tertiary/aromatic N) is 1. The van der Waals surface area contributed by atoms with Crippen molar-refractivity contribution in [3.05, 3.63) is 18.3 Å². The Morgan fingerprint density at radius 1 is 1.37 bits per heavy atom. The van der Waals surface area contributed by atoms with Gasteiger partial charge >= 0.3 is 0 Å². The molecule has 6 nitrogen and oxygen atoms in total. The molecule has 108 valence electrons. The molecular weight excluding hydrogens is 266 g/mol. The van der Waals surface area contributed by atoms with Gasteiger partial charge in [0.25, 0.3) is 0 Å². The molecule has 1 aromatic heterocycles. The number of sulfonamides is 1. The summed E-state index contributed by atoms with van der Waals surface area (Å²) in [4.78, 5) is 4.30. The molecule has 2 N–H and O–H groups in total. The number of methoxy groups -OCH3 is 1. The number of aromatic nitrogens is 1. The van der Waals surface area contributed by atoms with E-state index in [1.54, 1.807) is 7.11 Å². The van der Waals surface area contributed by atoms with Crippen LogP contribution < -0.4 is 10.0 Å². The van der Waals surface area contributed by atoms with Crippen LogP contribution in [0.15, 0.2) is 23.2 Å². The number of nitrogens with one attached hydrogen (secondary N) is 2. The van der Waals surface area contributed by atoms with Crippen LogP contribution >= 0.6 is 0 Å². The third-order valence-electron chi connectivity index (χ3n) is 2.42. The summed E-state index contributed by atoms with van der Waals surface area (Å²) in [5, 5.41) is 3.06. The minimum atomic E-state index is -3.47. The van der Waals surface area contributed by atoms with E-state index >= 15 is 0 Å². The van der Waals surface area contributed by atoms with Crippen molar-refractivity contribution in [2.24, 2.45) is 0 Å². The first-order valence-corrected chi connectivity index (χ1v) is 7.77. The van der Waals surface area contributed by atoms with E-state index in [4.69, 9.17) is 4.74 Å². The zero-order chi connectivity index (χ0) is 14.1. The lowest BCUT2D eigenvalue weighted by Crippen LogP contribution is -2.25. The number of hydrogen-bond acceptors (Lipinski definition) is 5. The number of rotatable bonds is 9. The van der Waals surface area contributed by atoms with Crippen LogP contribution in [0.3, 0.4) is 0 Å². The summed E-state index contributed by atoms with van der Waals surface area (Å²) in [6.45, 7) is 3.68. The van der Waals surface area contributed by atoms with E-state index in [1.165, 1.54) is 18.3 Å². The Labute approximate surface area is 114 Å². The van der Waals surface area contributed by atoms with E-state index in [2.05, 4.69) is 15.0 Å². The largest absolute Gasteiger partial charge is 0.385 e. The van der Waals surface area contributed by atoms with Gasteiger partial charge in [0.05, 0.1) is 4.90 Å². The fraction of sp³-hybridized carbons (Fsp3) is 0.583. The third kappa shape index (κ3) is 5.54. The van der Waals surface area contributed by atoms with Crippen molar-refractivity contribution in [2.45, 2.75) is 24.7 Å². The van der Waals surface area contributed by atoms with Crippen molar-refractivity contribution in [3.63, 3.8) is 0 Å². The average Bonchev–Trinajstić information content (AvgIpc) is 2.42. The van der Waals surface area contributed by atoms with Crippen molar-refractivity contribution in [2.75, 3.05) is 32.1 Å². The van der Waals surface area contributed by atoms with Crippen molar-refractivity contribution in [1.29, 1.82) is 0 Å². The van der Waals surface area contributed by atoms with Crippen LogP contribution in [0.1, 0.15) is 19.8 Å². The first-order valence-electron chi connectivity index (χ1n) is 6.28. The summed E-state index contributed by atoms with van der Waals surface area (Å²) in [5.74, 6) is 0.571. The van der Waals surface area contributed by atoms with Gasteiger partial charge in [-0.25, -0.2) is 18.1 Å². The van der Waals surface area contributed by atoms with Crippen LogP contribution in [-0.4, -0.2) is 40.2 Å². The molecule has 7 heteroatoms. The lowest BCUT2D eigenvalue weighted by Gasteiger charge is -2.08. The lowest BCUT2D eigenvalue weighted by atomic mass is 10.4. The number of ether oxygens (including phenoxy) is 1. The van der Waals surface area contributed by atoms with Crippen molar-refractivity contribution < 1.29 is 13.2 Å². The molecule has 0 radical (unpaired) electrons. The maximum absolute atomic E-state index is 12.0. The van der Waals surface area contributed by atoms with Crippen LogP contribution in [0, 0.1) is 0 Å². The Hall–Kier alpha value is -1.18. The summed E-state index contributed by atoms with van der Waals surface area (Å²) < 4.78 is 31.4. The third-order valence-corrected chi connectivity index (χ3v) is 3.87. The van der Waals surface area contributed by atoms with Gasteiger partial charge in [-0.3, -0.25) is 0 Å². The molecule has 0 saturated heterocycles. The standard InChI is InChI=1S/C12H21N3O3S/c1-3-6-13-12-10-11(5-8-14-12)19(16,17)15-7-4-9-18-2/h5,8,10,15H,3-4,6-7,9H2,1-2H3,(H,13,14). The van der Waals surface area contributed by atoms with E-state index in [0.717, 1.165) is 13.0 Å². The van der Waals surface area contributed by atoms with Crippen LogP contribution in [-0.2, 0) is 14.8 Å². The molecule has 0 aromatic carbocycles. The Bertz CT molecular complexity index is 477. The smallest absolute Gasteiger partial charge is 0.240 e. The summed E-state index contributed by atoms with van der Waals surface area (Å²) in [5.41, 5.74) is 0. The fourth-order valence-electron chi connectivity index (χ4n) is 1.43. The van der Waals surface area contributed by atoms with E-state index in [9.17, 15) is 8.42 Å². The molecule has 0 spiro atoms. The second-order valence-corrected chi connectivity index (χ2v) is 5.81. The highest BCUT2D eigenvalue weighted by Gasteiger charge is 2.13. The minimum Gasteiger partial charge on any atom is -0.385 e. The normalized spacial score (nSPS) is 11.5. The van der Waals surface area contributed by atoms with Gasteiger partial charge in [-0.05, 0) is 18.9 Å². The van der Waals surface area contributed by atoms with Gasteiger partial charge in [0.1, 0.15) is 5.82 Å². The molecule has 1 heterocycles. The molecule has 1 rings (SSSR count). The fourth-order valence-corrected chi connectivity index (χ4v) is 2.52. The van der Waals surface area contributed by atoms with Gasteiger partial charge in [0.2, 0.25) is 10.0 Å². The van der Waals surface area contributed by atoms with E-state index in [-0.39, 0.29) is 4.90 Å². The zero-order valence-corrected chi connectivity index (χ0v) is 12.2. The summed E-state index contributed by atoms with van der Waals surface area (Å²) in [7, 11) is -1.89. The van der Waals surface area contributed by atoms with Gasteiger partial charge in [-0.15, -0.1) is 0 Å². The Morgan fingerprint density at radius 2 is 2.16 bits per heavy atom.